The molecule has 0 spiro atoms. The van der Waals surface area contributed by atoms with Crippen molar-refractivity contribution in [2.75, 3.05) is 26.2 Å². The summed E-state index contributed by atoms with van der Waals surface area (Å²) in [5.74, 6) is 0. The number of thiazole rings is 1. The van der Waals surface area contributed by atoms with Gasteiger partial charge < -0.3 is 11.4 Å². The first-order chi connectivity index (χ1) is 9.79. The maximum atomic E-state index is 8.57. The Bertz CT molecular complexity index is 490. The van der Waals surface area contributed by atoms with E-state index in [1.54, 1.807) is 0 Å². The van der Waals surface area contributed by atoms with Crippen molar-refractivity contribution in [1.82, 2.24) is 9.88 Å². The summed E-state index contributed by atoms with van der Waals surface area (Å²) in [7, 11) is 0. The fourth-order valence-corrected chi connectivity index (χ4v) is 3.35. The molecular formula is C15H22ClN2NaOS. The molecule has 112 valence electrons. The smallest absolute Gasteiger partial charge is 1.00 e. The summed E-state index contributed by atoms with van der Waals surface area (Å²) in [6.45, 7) is 3.94. The first-order valence-corrected chi connectivity index (χ1v) is 8.33. The molecule has 1 saturated heterocycles. The molecule has 1 aliphatic rings. The summed E-state index contributed by atoms with van der Waals surface area (Å²) in [5, 5.41) is 8.57. The molecule has 0 unspecified atom stereocenters. The summed E-state index contributed by atoms with van der Waals surface area (Å²) in [6.07, 6.45) is 5.05. The molecular weight excluding hydrogens is 315 g/mol. The molecule has 1 aromatic carbocycles. The van der Waals surface area contributed by atoms with Crippen molar-refractivity contribution in [3.05, 3.63) is 28.7 Å². The van der Waals surface area contributed by atoms with Crippen LogP contribution in [0, 0.1) is 0 Å². The molecule has 2 aromatic rings. The van der Waals surface area contributed by atoms with Gasteiger partial charge in [0.15, 0.2) is 4.47 Å². The number of nitrogens with zero attached hydrogens (tertiary/aromatic N) is 2. The quantitative estimate of drug-likeness (QED) is 0.847. The molecule has 1 aliphatic heterocycles. The summed E-state index contributed by atoms with van der Waals surface area (Å²) in [6, 6.07) is 7.91. The molecule has 0 amide bonds. The van der Waals surface area contributed by atoms with Crippen molar-refractivity contribution >= 4 is 33.2 Å². The predicted molar refractivity (Wildman–Crippen MR) is 87.7 cm³/mol. The second-order valence-corrected chi connectivity index (χ2v) is 6.53. The van der Waals surface area contributed by atoms with Gasteiger partial charge >= 0.3 is 29.6 Å². The van der Waals surface area contributed by atoms with E-state index >= 15 is 0 Å². The standard InChI is InChI=1S/C8H17NO.C7H4ClNS.Na.H/c10-8-4-7-9-5-2-1-3-6-9;8-7-9-5-3-1-2-4-6(5)10-7;;/h10H,1-8H2;1-4H;;/q;;+1;-1. The number of likely N-dealkylation sites (tertiary alicyclic amines) is 1. The molecule has 21 heavy (non-hydrogen) atoms. The number of fused-ring (bicyclic) bond motifs is 1. The molecule has 3 rings (SSSR count). The molecule has 1 N–H and O–H groups in total. The van der Waals surface area contributed by atoms with Crippen LogP contribution in [0.2, 0.25) is 4.47 Å². The first kappa shape index (κ1) is 19.4. The number of rotatable bonds is 3. The van der Waals surface area contributed by atoms with Crippen molar-refractivity contribution in [3.8, 4) is 0 Å². The normalized spacial score (nSPS) is 15.1. The van der Waals surface area contributed by atoms with Gasteiger partial charge in [0.2, 0.25) is 0 Å². The van der Waals surface area contributed by atoms with Gasteiger partial charge in [0.05, 0.1) is 10.2 Å². The number of hydrogen-bond donors (Lipinski definition) is 1. The number of piperidine rings is 1. The van der Waals surface area contributed by atoms with Crippen LogP contribution >= 0.6 is 22.9 Å². The van der Waals surface area contributed by atoms with Crippen molar-refractivity contribution in [3.63, 3.8) is 0 Å². The Morgan fingerprint density at radius 1 is 1.24 bits per heavy atom. The number of aromatic nitrogens is 1. The van der Waals surface area contributed by atoms with Gasteiger partial charge in [-0.05, 0) is 44.5 Å². The maximum absolute atomic E-state index is 8.57. The van der Waals surface area contributed by atoms with E-state index in [1.807, 2.05) is 24.3 Å². The van der Waals surface area contributed by atoms with E-state index in [0.29, 0.717) is 11.1 Å². The van der Waals surface area contributed by atoms with Gasteiger partial charge in [-0.2, -0.15) is 0 Å². The summed E-state index contributed by atoms with van der Waals surface area (Å²) >= 11 is 7.20. The third-order valence-corrected chi connectivity index (χ3v) is 4.49. The number of aliphatic hydroxyl groups is 1. The molecule has 0 atom stereocenters. The van der Waals surface area contributed by atoms with E-state index < -0.39 is 0 Å². The topological polar surface area (TPSA) is 36.4 Å². The van der Waals surface area contributed by atoms with Crippen LogP contribution < -0.4 is 29.6 Å². The number of halogens is 1. The Morgan fingerprint density at radius 3 is 2.62 bits per heavy atom. The minimum atomic E-state index is 0. The molecule has 0 aliphatic carbocycles. The Hall–Kier alpha value is 0.320. The average Bonchev–Trinajstić information content (AvgIpc) is 2.87. The van der Waals surface area contributed by atoms with Gasteiger partial charge in [-0.25, -0.2) is 4.98 Å². The van der Waals surface area contributed by atoms with E-state index in [-0.39, 0.29) is 31.0 Å². The predicted octanol–water partition coefficient (Wildman–Crippen LogP) is 0.921. The zero-order valence-electron chi connectivity index (χ0n) is 13.6. The Kier molecular flexibility index (Phi) is 10.1. The van der Waals surface area contributed by atoms with Gasteiger partial charge in [-0.3, -0.25) is 0 Å². The number of benzene rings is 1. The van der Waals surface area contributed by atoms with Crippen LogP contribution in [0.25, 0.3) is 10.2 Å². The third-order valence-electron chi connectivity index (χ3n) is 3.35. The molecule has 0 bridgehead atoms. The largest absolute Gasteiger partial charge is 1.00 e. The van der Waals surface area contributed by atoms with Crippen LogP contribution in [0.3, 0.4) is 0 Å². The van der Waals surface area contributed by atoms with E-state index in [0.717, 1.165) is 23.2 Å². The van der Waals surface area contributed by atoms with Crippen molar-refractivity contribution < 1.29 is 36.1 Å². The van der Waals surface area contributed by atoms with E-state index in [2.05, 4.69) is 9.88 Å². The minimum absolute atomic E-state index is 0. The number of para-hydroxylation sites is 1. The molecule has 0 radical (unpaired) electrons. The Morgan fingerprint density at radius 2 is 1.95 bits per heavy atom. The van der Waals surface area contributed by atoms with Gasteiger partial charge in [0, 0.05) is 13.2 Å². The molecule has 0 saturated carbocycles. The van der Waals surface area contributed by atoms with Crippen molar-refractivity contribution in [2.45, 2.75) is 25.7 Å². The van der Waals surface area contributed by atoms with Crippen LogP contribution in [0.15, 0.2) is 24.3 Å². The summed E-state index contributed by atoms with van der Waals surface area (Å²) in [5.41, 5.74) is 0.984. The monoisotopic (exact) mass is 336 g/mol. The van der Waals surface area contributed by atoms with Gasteiger partial charge in [0.1, 0.15) is 0 Å². The van der Waals surface area contributed by atoms with E-state index in [1.165, 1.54) is 43.7 Å². The molecule has 6 heteroatoms. The zero-order chi connectivity index (χ0) is 14.2. The van der Waals surface area contributed by atoms with Gasteiger partial charge in [0.25, 0.3) is 0 Å². The Labute approximate surface area is 159 Å². The second kappa shape index (κ2) is 10.9. The molecule has 1 fully saturated rings. The van der Waals surface area contributed by atoms with E-state index in [4.69, 9.17) is 16.7 Å². The van der Waals surface area contributed by atoms with Crippen LogP contribution in [0.4, 0.5) is 0 Å². The van der Waals surface area contributed by atoms with Gasteiger partial charge in [-0.1, -0.05) is 30.2 Å². The number of aliphatic hydroxyl groups excluding tert-OH is 1. The zero-order valence-corrected chi connectivity index (χ0v) is 16.2. The minimum Gasteiger partial charge on any atom is -1.00 e. The average molecular weight is 337 g/mol. The van der Waals surface area contributed by atoms with Crippen LogP contribution in [0.5, 0.6) is 0 Å². The van der Waals surface area contributed by atoms with E-state index in [9.17, 15) is 0 Å². The maximum Gasteiger partial charge on any atom is 1.00 e. The third kappa shape index (κ3) is 6.95. The summed E-state index contributed by atoms with van der Waals surface area (Å²) < 4.78 is 1.76. The fourth-order valence-electron chi connectivity index (χ4n) is 2.32. The first-order valence-electron chi connectivity index (χ1n) is 7.14. The molecule has 3 nitrogen and oxygen atoms in total. The molecule has 2 heterocycles. The fraction of sp³-hybridized carbons (Fsp3) is 0.533. The SMILES string of the molecule is Clc1nc2ccccc2s1.OCCCN1CCCCC1.[H-].[Na+]. The van der Waals surface area contributed by atoms with Crippen molar-refractivity contribution in [2.24, 2.45) is 0 Å². The van der Waals surface area contributed by atoms with Crippen LogP contribution in [-0.4, -0.2) is 41.2 Å². The van der Waals surface area contributed by atoms with Crippen LogP contribution in [-0.2, 0) is 0 Å². The molecule has 1 aromatic heterocycles. The summed E-state index contributed by atoms with van der Waals surface area (Å²) in [4.78, 5) is 6.54. The van der Waals surface area contributed by atoms with Crippen molar-refractivity contribution in [1.29, 1.82) is 0 Å². The second-order valence-electron chi connectivity index (χ2n) is 4.91. The van der Waals surface area contributed by atoms with Gasteiger partial charge in [-0.15, -0.1) is 11.3 Å². The number of hydrogen-bond acceptors (Lipinski definition) is 4. The van der Waals surface area contributed by atoms with Crippen LogP contribution in [0.1, 0.15) is 27.1 Å². The Balaban J connectivity index is 0.000000367.